The van der Waals surface area contributed by atoms with Gasteiger partial charge in [0.15, 0.2) is 11.5 Å². The highest BCUT2D eigenvalue weighted by Crippen LogP contribution is 2.38. The van der Waals surface area contributed by atoms with Crippen LogP contribution in [-0.4, -0.2) is 76.2 Å². The van der Waals surface area contributed by atoms with Crippen molar-refractivity contribution in [3.05, 3.63) is 76.6 Å². The van der Waals surface area contributed by atoms with Gasteiger partial charge in [-0.3, -0.25) is 14.4 Å². The average Bonchev–Trinajstić information content (AvgIpc) is 3.76. The van der Waals surface area contributed by atoms with Gasteiger partial charge in [-0.15, -0.1) is 0 Å². The van der Waals surface area contributed by atoms with E-state index in [1.54, 1.807) is 0 Å². The molecular formula is C36H48N4O4. The lowest BCUT2D eigenvalue weighted by molar-refractivity contribution is -0.145. The standard InChI is InChI=1S/C36H48N4O4/c1-5-25(4)35(36(41)42)39-21-29(31(22-39)28-9-7-8-24(3)16-28)20-38-14-12-27(13-15-38)32-19-30(37-40(32)6-2)17-26-10-11-33-34(18-26)44-23-43-33/h7-11,16,18-19,25,27,29,31,35H,5-6,12-15,17,20-23H2,1-4H3,(H,41,42)/t25-,29-,31+,35+/m0/s1. The number of rotatable bonds is 11. The Morgan fingerprint density at radius 2 is 1.84 bits per heavy atom. The number of hydrogen-bond donors (Lipinski definition) is 1. The lowest BCUT2D eigenvalue weighted by Gasteiger charge is -2.35. The van der Waals surface area contributed by atoms with Gasteiger partial charge in [0.25, 0.3) is 0 Å². The molecule has 3 aliphatic rings. The second-order valence-corrected chi connectivity index (χ2v) is 13.2. The van der Waals surface area contributed by atoms with Crippen LogP contribution in [-0.2, 0) is 17.8 Å². The highest BCUT2D eigenvalue weighted by atomic mass is 16.7. The second kappa shape index (κ2) is 13.3. The summed E-state index contributed by atoms with van der Waals surface area (Å²) in [6.07, 6.45) is 3.88. The number of likely N-dealkylation sites (tertiary alicyclic amines) is 2. The summed E-state index contributed by atoms with van der Waals surface area (Å²) in [6.45, 7) is 14.4. The Kier molecular flexibility index (Phi) is 9.29. The summed E-state index contributed by atoms with van der Waals surface area (Å²) in [4.78, 5) is 17.3. The van der Waals surface area contributed by atoms with Crippen LogP contribution in [0, 0.1) is 18.8 Å². The Morgan fingerprint density at radius 3 is 2.57 bits per heavy atom. The molecule has 4 heterocycles. The van der Waals surface area contributed by atoms with Gasteiger partial charge in [0, 0.05) is 50.1 Å². The van der Waals surface area contributed by atoms with Crippen molar-refractivity contribution in [3.63, 3.8) is 0 Å². The zero-order chi connectivity index (χ0) is 30.8. The number of benzene rings is 2. The first-order chi connectivity index (χ1) is 21.3. The van der Waals surface area contributed by atoms with E-state index in [0.717, 1.165) is 82.1 Å². The van der Waals surface area contributed by atoms with Crippen LogP contribution in [0.15, 0.2) is 48.5 Å². The van der Waals surface area contributed by atoms with Gasteiger partial charge < -0.3 is 19.5 Å². The number of fused-ring (bicyclic) bond motifs is 1. The first-order valence-corrected chi connectivity index (χ1v) is 16.5. The van der Waals surface area contributed by atoms with Crippen molar-refractivity contribution in [2.45, 2.75) is 77.8 Å². The van der Waals surface area contributed by atoms with E-state index >= 15 is 0 Å². The van der Waals surface area contributed by atoms with Gasteiger partial charge in [0.1, 0.15) is 6.04 Å². The van der Waals surface area contributed by atoms with Gasteiger partial charge >= 0.3 is 5.97 Å². The van der Waals surface area contributed by atoms with Gasteiger partial charge in [-0.1, -0.05) is 56.2 Å². The maximum absolute atomic E-state index is 12.4. The summed E-state index contributed by atoms with van der Waals surface area (Å²) in [7, 11) is 0. The summed E-state index contributed by atoms with van der Waals surface area (Å²) >= 11 is 0. The predicted molar refractivity (Wildman–Crippen MR) is 172 cm³/mol. The summed E-state index contributed by atoms with van der Waals surface area (Å²) in [5.74, 6) is 2.32. The van der Waals surface area contributed by atoms with E-state index in [-0.39, 0.29) is 5.92 Å². The molecule has 1 aromatic heterocycles. The van der Waals surface area contributed by atoms with Crippen molar-refractivity contribution in [2.24, 2.45) is 11.8 Å². The Labute approximate surface area is 262 Å². The molecule has 0 bridgehead atoms. The molecule has 2 saturated heterocycles. The summed E-state index contributed by atoms with van der Waals surface area (Å²) in [6, 6.07) is 16.9. The maximum Gasteiger partial charge on any atom is 0.321 e. The van der Waals surface area contributed by atoms with Gasteiger partial charge in [-0.2, -0.15) is 5.10 Å². The molecule has 1 N–H and O–H groups in total. The van der Waals surface area contributed by atoms with Crippen molar-refractivity contribution in [1.29, 1.82) is 0 Å². The molecule has 0 amide bonds. The van der Waals surface area contributed by atoms with E-state index < -0.39 is 12.0 Å². The topological polar surface area (TPSA) is 80.1 Å². The molecule has 0 radical (unpaired) electrons. The number of aryl methyl sites for hydroxylation is 2. The van der Waals surface area contributed by atoms with E-state index in [9.17, 15) is 9.90 Å². The molecule has 44 heavy (non-hydrogen) atoms. The molecule has 0 spiro atoms. The fourth-order valence-corrected chi connectivity index (χ4v) is 7.74. The number of ether oxygens (including phenoxy) is 2. The monoisotopic (exact) mass is 600 g/mol. The third kappa shape index (κ3) is 6.52. The van der Waals surface area contributed by atoms with E-state index in [1.807, 2.05) is 6.07 Å². The molecule has 3 aliphatic heterocycles. The molecule has 0 unspecified atom stereocenters. The first-order valence-electron chi connectivity index (χ1n) is 16.5. The van der Waals surface area contributed by atoms with Crippen molar-refractivity contribution in [2.75, 3.05) is 39.5 Å². The number of aromatic nitrogens is 2. The Morgan fingerprint density at radius 1 is 1.05 bits per heavy atom. The summed E-state index contributed by atoms with van der Waals surface area (Å²) in [5.41, 5.74) is 6.25. The molecule has 4 atom stereocenters. The van der Waals surface area contributed by atoms with Gasteiger partial charge in [0.2, 0.25) is 6.79 Å². The van der Waals surface area contributed by atoms with Crippen LogP contribution in [0.2, 0.25) is 0 Å². The minimum absolute atomic E-state index is 0.124. The molecule has 2 fully saturated rings. The molecule has 0 aliphatic carbocycles. The number of carboxylic acid groups (broad SMARTS) is 1. The fraction of sp³-hybridized carbons (Fsp3) is 0.556. The molecule has 0 saturated carbocycles. The largest absolute Gasteiger partial charge is 0.480 e. The lowest BCUT2D eigenvalue weighted by Crippen LogP contribution is -2.45. The summed E-state index contributed by atoms with van der Waals surface area (Å²) < 4.78 is 13.3. The SMILES string of the molecule is CC[C@H](C)[C@H](C(=O)O)N1C[C@H](CN2CCC(c3cc(Cc4ccc5c(c4)OCO5)nn3CC)CC2)[C@@H](c2cccc(C)c2)C1. The first kappa shape index (κ1) is 30.7. The van der Waals surface area contributed by atoms with E-state index in [4.69, 9.17) is 14.6 Å². The van der Waals surface area contributed by atoms with E-state index in [0.29, 0.717) is 24.5 Å². The van der Waals surface area contributed by atoms with Crippen molar-refractivity contribution in [3.8, 4) is 11.5 Å². The molecule has 6 rings (SSSR count). The van der Waals surface area contributed by atoms with E-state index in [2.05, 4.69) is 84.6 Å². The number of piperidine rings is 1. The van der Waals surface area contributed by atoms with Crippen molar-refractivity contribution < 1.29 is 19.4 Å². The van der Waals surface area contributed by atoms with Crippen LogP contribution in [0.4, 0.5) is 0 Å². The number of carbonyl (C=O) groups is 1. The van der Waals surface area contributed by atoms with Crippen molar-refractivity contribution in [1.82, 2.24) is 19.6 Å². The molecule has 8 nitrogen and oxygen atoms in total. The highest BCUT2D eigenvalue weighted by molar-refractivity contribution is 5.74. The average molecular weight is 601 g/mol. The van der Waals surface area contributed by atoms with Crippen molar-refractivity contribution >= 4 is 5.97 Å². The van der Waals surface area contributed by atoms with Gasteiger partial charge in [0.05, 0.1) is 5.69 Å². The Hall–Kier alpha value is -3.36. The minimum atomic E-state index is -0.686. The quantitative estimate of drug-likeness (QED) is 0.293. The van der Waals surface area contributed by atoms with Crippen LogP contribution in [0.1, 0.15) is 79.9 Å². The molecular weight excluding hydrogens is 552 g/mol. The third-order valence-electron chi connectivity index (χ3n) is 10.3. The number of aliphatic carboxylic acids is 1. The number of nitrogens with zero attached hydrogens (tertiary/aromatic N) is 4. The molecule has 2 aromatic carbocycles. The molecule has 236 valence electrons. The lowest BCUT2D eigenvalue weighted by atomic mass is 9.86. The maximum atomic E-state index is 12.4. The summed E-state index contributed by atoms with van der Waals surface area (Å²) in [5, 5.41) is 15.2. The van der Waals surface area contributed by atoms with E-state index in [1.165, 1.54) is 22.4 Å². The number of carboxylic acids is 1. The zero-order valence-corrected chi connectivity index (χ0v) is 26.7. The van der Waals surface area contributed by atoms with Gasteiger partial charge in [-0.05, 0) is 80.9 Å². The fourth-order valence-electron chi connectivity index (χ4n) is 7.74. The van der Waals surface area contributed by atoms with Crippen LogP contribution in [0.3, 0.4) is 0 Å². The molecule has 3 aromatic rings. The van der Waals surface area contributed by atoms with Gasteiger partial charge in [-0.25, -0.2) is 0 Å². The van der Waals surface area contributed by atoms with Crippen LogP contribution in [0.25, 0.3) is 0 Å². The minimum Gasteiger partial charge on any atom is -0.480 e. The smallest absolute Gasteiger partial charge is 0.321 e. The van der Waals surface area contributed by atoms with Crippen LogP contribution < -0.4 is 9.47 Å². The predicted octanol–water partition coefficient (Wildman–Crippen LogP) is 5.93. The zero-order valence-electron chi connectivity index (χ0n) is 26.7. The van der Waals surface area contributed by atoms with Crippen LogP contribution >= 0.6 is 0 Å². The van der Waals surface area contributed by atoms with Crippen LogP contribution in [0.5, 0.6) is 11.5 Å². The third-order valence-corrected chi connectivity index (χ3v) is 10.3. The highest BCUT2D eigenvalue weighted by Gasteiger charge is 2.42. The Bertz CT molecular complexity index is 1450. The number of hydrogen-bond acceptors (Lipinski definition) is 6. The second-order valence-electron chi connectivity index (χ2n) is 13.2. The molecule has 8 heteroatoms. The normalized spacial score (nSPS) is 22.4. The Balaban J connectivity index is 1.12.